The number of halogens is 1. The summed E-state index contributed by atoms with van der Waals surface area (Å²) in [4.78, 5) is 29.3. The highest BCUT2D eigenvalue weighted by atomic mass is 35.5. The lowest BCUT2D eigenvalue weighted by Crippen LogP contribution is -2.49. The van der Waals surface area contributed by atoms with Crippen molar-refractivity contribution in [1.29, 1.82) is 0 Å². The molecule has 1 saturated heterocycles. The number of ether oxygens (including phenoxy) is 1. The molecule has 1 aliphatic rings. The molecule has 0 aromatic heterocycles. The van der Waals surface area contributed by atoms with Crippen LogP contribution < -0.4 is 15.4 Å². The van der Waals surface area contributed by atoms with E-state index in [1.165, 1.54) is 0 Å². The van der Waals surface area contributed by atoms with Crippen molar-refractivity contribution in [2.24, 2.45) is 0 Å². The van der Waals surface area contributed by atoms with Gasteiger partial charge < -0.3 is 20.3 Å². The maximum Gasteiger partial charge on any atom is 0.313 e. The molecule has 0 spiro atoms. The van der Waals surface area contributed by atoms with Crippen molar-refractivity contribution >= 4 is 29.1 Å². The number of nitrogens with one attached hydrogen (secondary N) is 2. The molecule has 0 radical (unpaired) electrons. The normalized spacial score (nSPS) is 16.0. The van der Waals surface area contributed by atoms with Crippen molar-refractivity contribution in [1.82, 2.24) is 15.1 Å². The van der Waals surface area contributed by atoms with Crippen LogP contribution in [0.4, 0.5) is 5.69 Å². The fraction of sp³-hybridized carbons (Fsp3) is 0.364. The van der Waals surface area contributed by atoms with E-state index in [0.717, 1.165) is 37.5 Å². The first kappa shape index (κ1) is 22.1. The second-order valence-corrected chi connectivity index (χ2v) is 7.74. The first-order valence-electron chi connectivity index (χ1n) is 9.87. The Labute approximate surface area is 181 Å². The van der Waals surface area contributed by atoms with Gasteiger partial charge in [-0.2, -0.15) is 0 Å². The highest BCUT2D eigenvalue weighted by Crippen LogP contribution is 2.24. The van der Waals surface area contributed by atoms with Crippen LogP contribution >= 0.6 is 11.6 Å². The van der Waals surface area contributed by atoms with Crippen LogP contribution in [-0.2, 0) is 9.59 Å². The lowest BCUT2D eigenvalue weighted by molar-refractivity contribution is -0.136. The standard InChI is InChI=1S/C22H27ClN4O3/c1-26-11-13-27(14-12-26)20(16-3-9-19(30-2)10-4-16)15-24-21(28)22(29)25-18-7-5-17(23)6-8-18/h3-10,20H,11-15H2,1-2H3,(H,24,28)(H,25,29). The predicted octanol–water partition coefficient (Wildman–Crippen LogP) is 2.39. The van der Waals surface area contributed by atoms with Crippen molar-refractivity contribution in [3.05, 3.63) is 59.1 Å². The molecule has 1 atom stereocenters. The lowest BCUT2D eigenvalue weighted by atomic mass is 10.0. The zero-order valence-electron chi connectivity index (χ0n) is 17.2. The summed E-state index contributed by atoms with van der Waals surface area (Å²) in [6, 6.07) is 14.4. The topological polar surface area (TPSA) is 73.9 Å². The first-order chi connectivity index (χ1) is 14.5. The van der Waals surface area contributed by atoms with Crippen molar-refractivity contribution in [3.63, 3.8) is 0 Å². The number of carbonyl (C=O) groups excluding carboxylic acids is 2. The van der Waals surface area contributed by atoms with Crippen molar-refractivity contribution in [2.45, 2.75) is 6.04 Å². The molecule has 2 N–H and O–H groups in total. The summed E-state index contributed by atoms with van der Waals surface area (Å²) in [7, 11) is 3.73. The molecule has 1 fully saturated rings. The summed E-state index contributed by atoms with van der Waals surface area (Å²) >= 11 is 5.85. The molecule has 8 heteroatoms. The maximum absolute atomic E-state index is 12.4. The Kier molecular flexibility index (Phi) is 7.68. The third-order valence-electron chi connectivity index (χ3n) is 5.24. The van der Waals surface area contributed by atoms with Gasteiger partial charge >= 0.3 is 11.8 Å². The Hall–Kier alpha value is -2.61. The van der Waals surface area contributed by atoms with Crippen molar-refractivity contribution in [2.75, 3.05) is 52.2 Å². The SMILES string of the molecule is COc1ccc(C(CNC(=O)C(=O)Nc2ccc(Cl)cc2)N2CCN(C)CC2)cc1. The van der Waals surface area contributed by atoms with Gasteiger partial charge in [0.15, 0.2) is 0 Å². The van der Waals surface area contributed by atoms with Crippen LogP contribution in [0.5, 0.6) is 5.75 Å². The zero-order valence-corrected chi connectivity index (χ0v) is 18.0. The van der Waals surface area contributed by atoms with Gasteiger partial charge in [0.05, 0.1) is 13.2 Å². The molecule has 0 bridgehead atoms. The Morgan fingerprint density at radius 3 is 2.23 bits per heavy atom. The summed E-state index contributed by atoms with van der Waals surface area (Å²) in [6.07, 6.45) is 0. The molecule has 1 heterocycles. The molecule has 0 saturated carbocycles. The number of hydrogen-bond donors (Lipinski definition) is 2. The summed E-state index contributed by atoms with van der Waals surface area (Å²) in [5, 5.41) is 5.93. The number of nitrogens with zero attached hydrogens (tertiary/aromatic N) is 2. The molecule has 2 aromatic rings. The first-order valence-corrected chi connectivity index (χ1v) is 10.3. The number of anilines is 1. The summed E-state index contributed by atoms with van der Waals surface area (Å²) in [5.74, 6) is -0.593. The van der Waals surface area contributed by atoms with Gasteiger partial charge in [0, 0.05) is 43.4 Å². The summed E-state index contributed by atoms with van der Waals surface area (Å²) in [5.41, 5.74) is 1.59. The van der Waals surface area contributed by atoms with Gasteiger partial charge in [0.25, 0.3) is 0 Å². The van der Waals surface area contributed by atoms with Crippen LogP contribution in [0.25, 0.3) is 0 Å². The van der Waals surface area contributed by atoms with E-state index in [0.29, 0.717) is 17.3 Å². The maximum atomic E-state index is 12.4. The van der Waals surface area contributed by atoms with Gasteiger partial charge in [-0.25, -0.2) is 0 Å². The van der Waals surface area contributed by atoms with Gasteiger partial charge in [-0.3, -0.25) is 14.5 Å². The predicted molar refractivity (Wildman–Crippen MR) is 118 cm³/mol. The molecule has 0 aliphatic carbocycles. The highest BCUT2D eigenvalue weighted by molar-refractivity contribution is 6.39. The summed E-state index contributed by atoms with van der Waals surface area (Å²) in [6.45, 7) is 4.03. The van der Waals surface area contributed by atoms with Crippen LogP contribution in [0.1, 0.15) is 11.6 Å². The number of amides is 2. The van der Waals surface area contributed by atoms with Gasteiger partial charge in [-0.05, 0) is 49.0 Å². The van der Waals surface area contributed by atoms with Gasteiger partial charge in [-0.15, -0.1) is 0 Å². The van der Waals surface area contributed by atoms with E-state index in [-0.39, 0.29) is 6.04 Å². The van der Waals surface area contributed by atoms with E-state index in [4.69, 9.17) is 16.3 Å². The second kappa shape index (κ2) is 10.4. The quantitative estimate of drug-likeness (QED) is 0.688. The fourth-order valence-electron chi connectivity index (χ4n) is 3.41. The minimum absolute atomic E-state index is 0.0307. The molecule has 2 amide bonds. The Bertz CT molecular complexity index is 850. The third kappa shape index (κ3) is 5.95. The van der Waals surface area contributed by atoms with Crippen LogP contribution in [0.15, 0.2) is 48.5 Å². The molecule has 160 valence electrons. The van der Waals surface area contributed by atoms with Crippen LogP contribution in [0.2, 0.25) is 5.02 Å². The number of piperazine rings is 1. The average Bonchev–Trinajstić information content (AvgIpc) is 2.77. The number of benzene rings is 2. The zero-order chi connectivity index (χ0) is 21.5. The summed E-state index contributed by atoms with van der Waals surface area (Å²) < 4.78 is 5.25. The third-order valence-corrected chi connectivity index (χ3v) is 5.50. The molecule has 2 aromatic carbocycles. The molecule has 3 rings (SSSR count). The average molecular weight is 431 g/mol. The minimum Gasteiger partial charge on any atom is -0.497 e. The number of carbonyl (C=O) groups is 2. The van der Waals surface area contributed by atoms with E-state index < -0.39 is 11.8 Å². The fourth-order valence-corrected chi connectivity index (χ4v) is 3.53. The van der Waals surface area contributed by atoms with E-state index in [1.54, 1.807) is 31.4 Å². The number of likely N-dealkylation sites (N-methyl/N-ethyl adjacent to an activating group) is 1. The number of hydrogen-bond acceptors (Lipinski definition) is 5. The number of methoxy groups -OCH3 is 1. The van der Waals surface area contributed by atoms with Crippen LogP contribution in [-0.4, -0.2) is 68.5 Å². The minimum atomic E-state index is -0.704. The van der Waals surface area contributed by atoms with Crippen molar-refractivity contribution < 1.29 is 14.3 Å². The molecule has 1 aliphatic heterocycles. The van der Waals surface area contributed by atoms with E-state index >= 15 is 0 Å². The van der Waals surface area contributed by atoms with E-state index in [1.807, 2.05) is 24.3 Å². The highest BCUT2D eigenvalue weighted by Gasteiger charge is 2.25. The molecule has 1 unspecified atom stereocenters. The molecule has 7 nitrogen and oxygen atoms in total. The lowest BCUT2D eigenvalue weighted by Gasteiger charge is -2.38. The van der Waals surface area contributed by atoms with Crippen molar-refractivity contribution in [3.8, 4) is 5.75 Å². The van der Waals surface area contributed by atoms with Crippen LogP contribution in [0, 0.1) is 0 Å². The Balaban J connectivity index is 1.65. The largest absolute Gasteiger partial charge is 0.497 e. The van der Waals surface area contributed by atoms with E-state index in [2.05, 4.69) is 27.5 Å². The Morgan fingerprint density at radius 1 is 1.00 bits per heavy atom. The second-order valence-electron chi connectivity index (χ2n) is 7.30. The van der Waals surface area contributed by atoms with E-state index in [9.17, 15) is 9.59 Å². The van der Waals surface area contributed by atoms with Crippen LogP contribution in [0.3, 0.4) is 0 Å². The number of rotatable bonds is 6. The molecular weight excluding hydrogens is 404 g/mol. The van der Waals surface area contributed by atoms with Gasteiger partial charge in [0.2, 0.25) is 0 Å². The Morgan fingerprint density at radius 2 is 1.63 bits per heavy atom. The molecular formula is C22H27ClN4O3. The smallest absolute Gasteiger partial charge is 0.313 e. The van der Waals surface area contributed by atoms with Gasteiger partial charge in [0.1, 0.15) is 5.75 Å². The monoisotopic (exact) mass is 430 g/mol. The molecule has 30 heavy (non-hydrogen) atoms. The van der Waals surface area contributed by atoms with Gasteiger partial charge in [-0.1, -0.05) is 23.7 Å².